The first-order valence-corrected chi connectivity index (χ1v) is 6.68. The molecule has 2 heteroatoms. The van der Waals surface area contributed by atoms with Gasteiger partial charge in [0.1, 0.15) is 5.82 Å². The van der Waals surface area contributed by atoms with Gasteiger partial charge < -0.3 is 5.32 Å². The van der Waals surface area contributed by atoms with Crippen molar-refractivity contribution in [1.82, 2.24) is 5.32 Å². The summed E-state index contributed by atoms with van der Waals surface area (Å²) in [4.78, 5) is 0. The second kappa shape index (κ2) is 5.98. The molecule has 2 aromatic carbocycles. The fourth-order valence-electron chi connectivity index (χ4n) is 2.27. The third-order valence-corrected chi connectivity index (χ3v) is 3.28. The van der Waals surface area contributed by atoms with Crippen molar-refractivity contribution >= 4 is 0 Å². The number of benzene rings is 2. The smallest absolute Gasteiger partial charge is 0.131 e. The molecule has 0 heterocycles. The van der Waals surface area contributed by atoms with Crippen LogP contribution in [0.15, 0.2) is 36.4 Å². The van der Waals surface area contributed by atoms with E-state index in [2.05, 4.69) is 25.2 Å². The Labute approximate surface area is 114 Å². The lowest BCUT2D eigenvalue weighted by atomic mass is 9.97. The Morgan fingerprint density at radius 2 is 1.79 bits per heavy atom. The summed E-state index contributed by atoms with van der Waals surface area (Å²) in [5.41, 5.74) is 5.08. The Morgan fingerprint density at radius 3 is 2.47 bits per heavy atom. The summed E-state index contributed by atoms with van der Waals surface area (Å²) < 4.78 is 14.0. The molecule has 0 saturated carbocycles. The van der Waals surface area contributed by atoms with E-state index in [0.717, 1.165) is 29.8 Å². The van der Waals surface area contributed by atoms with E-state index in [4.69, 9.17) is 0 Å². The van der Waals surface area contributed by atoms with Crippen LogP contribution in [-0.2, 0) is 6.54 Å². The maximum absolute atomic E-state index is 14.0. The Hall–Kier alpha value is -1.67. The van der Waals surface area contributed by atoms with Crippen LogP contribution in [0.4, 0.5) is 4.39 Å². The standard InChI is InChI=1S/C17H20FN/c1-4-19-11-14-6-8-17(18)16(10-14)15-7-5-12(2)9-13(15)3/h5-10,19H,4,11H2,1-3H3. The third-order valence-electron chi connectivity index (χ3n) is 3.28. The van der Waals surface area contributed by atoms with E-state index in [1.54, 1.807) is 6.07 Å². The van der Waals surface area contributed by atoms with Gasteiger partial charge in [0.05, 0.1) is 0 Å². The zero-order chi connectivity index (χ0) is 13.8. The highest BCUT2D eigenvalue weighted by Crippen LogP contribution is 2.27. The first-order valence-electron chi connectivity index (χ1n) is 6.68. The maximum atomic E-state index is 14.0. The average Bonchev–Trinajstić information content (AvgIpc) is 2.38. The van der Waals surface area contributed by atoms with Crippen LogP contribution in [0.2, 0.25) is 0 Å². The topological polar surface area (TPSA) is 12.0 Å². The number of hydrogen-bond acceptors (Lipinski definition) is 1. The molecule has 2 rings (SSSR count). The lowest BCUT2D eigenvalue weighted by Gasteiger charge is -2.11. The lowest BCUT2D eigenvalue weighted by Crippen LogP contribution is -2.11. The van der Waals surface area contributed by atoms with Gasteiger partial charge in [0.25, 0.3) is 0 Å². The molecule has 19 heavy (non-hydrogen) atoms. The van der Waals surface area contributed by atoms with Crippen LogP contribution in [0, 0.1) is 19.7 Å². The first kappa shape index (κ1) is 13.8. The van der Waals surface area contributed by atoms with Crippen molar-refractivity contribution in [2.24, 2.45) is 0 Å². The molecule has 0 aromatic heterocycles. The van der Waals surface area contributed by atoms with Crippen molar-refractivity contribution < 1.29 is 4.39 Å². The molecule has 0 bridgehead atoms. The zero-order valence-corrected chi connectivity index (χ0v) is 11.8. The summed E-state index contributed by atoms with van der Waals surface area (Å²) in [6.07, 6.45) is 0. The molecule has 0 atom stereocenters. The number of rotatable bonds is 4. The summed E-state index contributed by atoms with van der Waals surface area (Å²) in [5.74, 6) is -0.160. The minimum absolute atomic E-state index is 0.160. The number of hydrogen-bond donors (Lipinski definition) is 1. The average molecular weight is 257 g/mol. The monoisotopic (exact) mass is 257 g/mol. The number of nitrogens with one attached hydrogen (secondary N) is 1. The fraction of sp³-hybridized carbons (Fsp3) is 0.294. The Bertz CT molecular complexity index is 575. The van der Waals surface area contributed by atoms with E-state index in [0.29, 0.717) is 5.56 Å². The first-order chi connectivity index (χ1) is 9.11. The van der Waals surface area contributed by atoms with Crippen LogP contribution in [0.5, 0.6) is 0 Å². The summed E-state index contributed by atoms with van der Waals surface area (Å²) in [7, 11) is 0. The van der Waals surface area contributed by atoms with Gasteiger partial charge in [0, 0.05) is 12.1 Å². The lowest BCUT2D eigenvalue weighted by molar-refractivity contribution is 0.629. The normalized spacial score (nSPS) is 10.7. The van der Waals surface area contributed by atoms with Crippen LogP contribution in [0.25, 0.3) is 11.1 Å². The summed E-state index contributed by atoms with van der Waals surface area (Å²) >= 11 is 0. The van der Waals surface area contributed by atoms with Crippen LogP contribution in [0.1, 0.15) is 23.6 Å². The molecule has 0 fully saturated rings. The third kappa shape index (κ3) is 3.21. The Kier molecular flexibility index (Phi) is 4.33. The molecule has 0 aliphatic carbocycles. The molecule has 0 aliphatic rings. The highest BCUT2D eigenvalue weighted by molar-refractivity contribution is 5.68. The van der Waals surface area contributed by atoms with E-state index >= 15 is 0 Å². The van der Waals surface area contributed by atoms with Crippen molar-refractivity contribution in [2.75, 3.05) is 6.54 Å². The van der Waals surface area contributed by atoms with Crippen LogP contribution in [-0.4, -0.2) is 6.54 Å². The second-order valence-corrected chi connectivity index (χ2v) is 4.91. The van der Waals surface area contributed by atoms with Crippen LogP contribution < -0.4 is 5.32 Å². The minimum Gasteiger partial charge on any atom is -0.313 e. The molecule has 0 amide bonds. The maximum Gasteiger partial charge on any atom is 0.131 e. The van der Waals surface area contributed by atoms with Gasteiger partial charge in [-0.15, -0.1) is 0 Å². The fourth-order valence-corrected chi connectivity index (χ4v) is 2.27. The summed E-state index contributed by atoms with van der Waals surface area (Å²) in [5, 5.41) is 3.26. The van der Waals surface area contributed by atoms with Gasteiger partial charge in [0.2, 0.25) is 0 Å². The molecule has 2 aromatic rings. The summed E-state index contributed by atoms with van der Waals surface area (Å²) in [6, 6.07) is 11.5. The molecule has 0 radical (unpaired) electrons. The van der Waals surface area contributed by atoms with E-state index < -0.39 is 0 Å². The molecule has 0 aliphatic heterocycles. The number of halogens is 1. The zero-order valence-electron chi connectivity index (χ0n) is 11.8. The molecular formula is C17H20FN. The van der Waals surface area contributed by atoms with Gasteiger partial charge >= 0.3 is 0 Å². The minimum atomic E-state index is -0.160. The van der Waals surface area contributed by atoms with Crippen molar-refractivity contribution in [3.63, 3.8) is 0 Å². The molecule has 1 nitrogen and oxygen atoms in total. The van der Waals surface area contributed by atoms with Crippen molar-refractivity contribution in [3.05, 3.63) is 58.9 Å². The van der Waals surface area contributed by atoms with E-state index in [9.17, 15) is 4.39 Å². The molecule has 1 N–H and O–H groups in total. The predicted octanol–water partition coefficient (Wildman–Crippen LogP) is 4.22. The van der Waals surface area contributed by atoms with Gasteiger partial charge in [0.15, 0.2) is 0 Å². The number of aryl methyl sites for hydroxylation is 2. The highest BCUT2D eigenvalue weighted by Gasteiger charge is 2.08. The van der Waals surface area contributed by atoms with Gasteiger partial charge in [-0.1, -0.05) is 36.8 Å². The van der Waals surface area contributed by atoms with Crippen LogP contribution in [0.3, 0.4) is 0 Å². The highest BCUT2D eigenvalue weighted by atomic mass is 19.1. The largest absolute Gasteiger partial charge is 0.313 e. The van der Waals surface area contributed by atoms with Gasteiger partial charge in [-0.3, -0.25) is 0 Å². The van der Waals surface area contributed by atoms with E-state index in [1.807, 2.05) is 31.2 Å². The summed E-state index contributed by atoms with van der Waals surface area (Å²) in [6.45, 7) is 7.83. The van der Waals surface area contributed by atoms with Crippen LogP contribution >= 0.6 is 0 Å². The predicted molar refractivity (Wildman–Crippen MR) is 78.7 cm³/mol. The van der Waals surface area contributed by atoms with Crippen molar-refractivity contribution in [3.8, 4) is 11.1 Å². The Balaban J connectivity index is 2.42. The molecule has 0 unspecified atom stereocenters. The quantitative estimate of drug-likeness (QED) is 0.864. The Morgan fingerprint density at radius 1 is 1.00 bits per heavy atom. The van der Waals surface area contributed by atoms with Crippen molar-refractivity contribution in [1.29, 1.82) is 0 Å². The van der Waals surface area contributed by atoms with Gasteiger partial charge in [-0.25, -0.2) is 4.39 Å². The van der Waals surface area contributed by atoms with E-state index in [1.165, 1.54) is 5.56 Å². The second-order valence-electron chi connectivity index (χ2n) is 4.91. The molecule has 100 valence electrons. The SMILES string of the molecule is CCNCc1ccc(F)c(-c2ccc(C)cc2C)c1. The van der Waals surface area contributed by atoms with Gasteiger partial charge in [-0.05, 0) is 49.2 Å². The molecular weight excluding hydrogens is 237 g/mol. The molecule has 0 saturated heterocycles. The van der Waals surface area contributed by atoms with Gasteiger partial charge in [-0.2, -0.15) is 0 Å². The van der Waals surface area contributed by atoms with E-state index in [-0.39, 0.29) is 5.82 Å². The molecule has 0 spiro atoms. The van der Waals surface area contributed by atoms with Crippen molar-refractivity contribution in [2.45, 2.75) is 27.3 Å².